The molecule has 0 bridgehead atoms. The van der Waals surface area contributed by atoms with Gasteiger partial charge in [-0.2, -0.15) is 10.4 Å². The molecule has 0 radical (unpaired) electrons. The molecule has 10 heteroatoms. The van der Waals surface area contributed by atoms with Gasteiger partial charge in [-0.05, 0) is 24.3 Å². The topological polar surface area (TPSA) is 110 Å². The van der Waals surface area contributed by atoms with Crippen molar-refractivity contribution in [3.63, 3.8) is 0 Å². The number of rotatable bonds is 4. The third-order valence-corrected chi connectivity index (χ3v) is 4.27. The summed E-state index contributed by atoms with van der Waals surface area (Å²) in [4.78, 5) is 17.4. The van der Waals surface area contributed by atoms with Crippen molar-refractivity contribution in [3.8, 4) is 16.7 Å². The lowest BCUT2D eigenvalue weighted by Gasteiger charge is -2.14. The number of thiocyanates is 1. The zero-order chi connectivity index (χ0) is 18.7. The van der Waals surface area contributed by atoms with Gasteiger partial charge in [-0.1, -0.05) is 0 Å². The summed E-state index contributed by atoms with van der Waals surface area (Å²) >= 11 is 0.739. The summed E-state index contributed by atoms with van der Waals surface area (Å²) < 4.78 is 21.3. The first-order valence-electron chi connectivity index (χ1n) is 7.61. The quantitative estimate of drug-likeness (QED) is 0.498. The van der Waals surface area contributed by atoms with E-state index in [0.717, 1.165) is 11.8 Å². The molecule has 1 amide bonds. The number of nitriles is 1. The smallest absolute Gasteiger partial charge is 0.414 e. The van der Waals surface area contributed by atoms with Crippen LogP contribution in [-0.2, 0) is 11.8 Å². The van der Waals surface area contributed by atoms with Gasteiger partial charge in [0.25, 0.3) is 0 Å². The van der Waals surface area contributed by atoms with E-state index in [9.17, 15) is 9.18 Å². The van der Waals surface area contributed by atoms with Crippen LogP contribution in [0, 0.1) is 16.5 Å². The highest BCUT2D eigenvalue weighted by atomic mass is 32.2. The Labute approximate surface area is 153 Å². The van der Waals surface area contributed by atoms with Gasteiger partial charge in [0.2, 0.25) is 0 Å². The molecular weight excluding hydrogens is 359 g/mol. The van der Waals surface area contributed by atoms with E-state index in [2.05, 4.69) is 10.1 Å². The van der Waals surface area contributed by atoms with E-state index in [-0.39, 0.29) is 18.3 Å². The van der Waals surface area contributed by atoms with Gasteiger partial charge in [-0.3, -0.25) is 14.6 Å². The molecule has 1 fully saturated rings. The molecule has 0 saturated carbocycles. The minimum Gasteiger partial charge on any atom is -0.442 e. The molecule has 1 atom stereocenters. The Morgan fingerprint density at radius 1 is 1.58 bits per heavy atom. The first-order valence-corrected chi connectivity index (χ1v) is 8.43. The van der Waals surface area contributed by atoms with Crippen LogP contribution in [0.4, 0.5) is 14.9 Å². The molecule has 0 aliphatic carbocycles. The van der Waals surface area contributed by atoms with E-state index >= 15 is 0 Å². The van der Waals surface area contributed by atoms with E-state index in [0.29, 0.717) is 16.9 Å². The van der Waals surface area contributed by atoms with Crippen LogP contribution in [0.3, 0.4) is 0 Å². The maximum atomic E-state index is 14.5. The average molecular weight is 374 g/mol. The highest BCUT2D eigenvalue weighted by Gasteiger charge is 2.32. The third kappa shape index (κ3) is 3.62. The van der Waals surface area contributed by atoms with Crippen molar-refractivity contribution in [2.45, 2.75) is 6.10 Å². The van der Waals surface area contributed by atoms with Crippen LogP contribution in [0.15, 0.2) is 35.5 Å². The summed E-state index contributed by atoms with van der Waals surface area (Å²) in [5.74, 6) is -0.463. The van der Waals surface area contributed by atoms with E-state index in [1.807, 2.05) is 5.40 Å². The summed E-state index contributed by atoms with van der Waals surface area (Å²) in [6.07, 6.45) is 0.492. The van der Waals surface area contributed by atoms with Crippen molar-refractivity contribution < 1.29 is 13.9 Å². The molecule has 1 aliphatic heterocycles. The molecule has 134 valence electrons. The van der Waals surface area contributed by atoms with Gasteiger partial charge in [0.1, 0.15) is 17.3 Å². The van der Waals surface area contributed by atoms with Gasteiger partial charge in [-0.25, -0.2) is 9.18 Å². The fourth-order valence-corrected chi connectivity index (χ4v) is 2.85. The molecule has 26 heavy (non-hydrogen) atoms. The Morgan fingerprint density at radius 2 is 2.38 bits per heavy atom. The number of benzene rings is 1. The predicted molar refractivity (Wildman–Crippen MR) is 95.9 cm³/mol. The zero-order valence-corrected chi connectivity index (χ0v) is 14.6. The number of halogens is 1. The molecule has 1 saturated heterocycles. The number of hydrogen-bond donors (Lipinski definition) is 1. The fraction of sp³-hybridized carbons (Fsp3) is 0.250. The molecule has 1 aromatic carbocycles. The number of ether oxygens (including phenoxy) is 1. The Hall–Kier alpha value is -3.06. The van der Waals surface area contributed by atoms with Crippen LogP contribution >= 0.6 is 11.8 Å². The van der Waals surface area contributed by atoms with Gasteiger partial charge >= 0.3 is 6.09 Å². The summed E-state index contributed by atoms with van der Waals surface area (Å²) in [5.41, 5.74) is 6.94. The number of hydrogen-bond acceptors (Lipinski definition) is 6. The van der Waals surface area contributed by atoms with E-state index in [1.54, 1.807) is 36.1 Å². The lowest BCUT2D eigenvalue weighted by atomic mass is 10.1. The Kier molecular flexibility index (Phi) is 5.09. The number of aliphatic imine (C=N–C) groups is 1. The number of carbonyl (C=O) groups excluding carboxylic acids is 1. The lowest BCUT2D eigenvalue weighted by Crippen LogP contribution is -2.25. The third-order valence-electron chi connectivity index (χ3n) is 3.84. The first kappa shape index (κ1) is 17.8. The Bertz CT molecular complexity index is 906. The van der Waals surface area contributed by atoms with Gasteiger partial charge in [0.15, 0.2) is 5.17 Å². The predicted octanol–water partition coefficient (Wildman–Crippen LogP) is 2.08. The number of carbonyl (C=O) groups is 1. The SMILES string of the molecule is Cn1nccc1-c1ccc(N2CC(CN=C(N)SC#N)OC2=O)cc1F. The maximum Gasteiger partial charge on any atom is 0.414 e. The second kappa shape index (κ2) is 7.45. The molecule has 3 rings (SSSR count). The highest BCUT2D eigenvalue weighted by molar-refractivity contribution is 8.17. The maximum absolute atomic E-state index is 14.5. The highest BCUT2D eigenvalue weighted by Crippen LogP contribution is 2.28. The van der Waals surface area contributed by atoms with Crippen molar-refractivity contribution >= 4 is 28.7 Å². The van der Waals surface area contributed by atoms with Crippen LogP contribution in [0.25, 0.3) is 11.3 Å². The fourth-order valence-electron chi connectivity index (χ4n) is 2.62. The number of aromatic nitrogens is 2. The number of thioether (sulfide) groups is 1. The number of aryl methyl sites for hydroxylation is 1. The van der Waals surface area contributed by atoms with Crippen molar-refractivity contribution in [2.75, 3.05) is 18.0 Å². The largest absolute Gasteiger partial charge is 0.442 e. The molecule has 1 aromatic heterocycles. The van der Waals surface area contributed by atoms with Gasteiger partial charge in [0.05, 0.1) is 24.5 Å². The van der Waals surface area contributed by atoms with Crippen molar-refractivity contribution in [3.05, 3.63) is 36.3 Å². The second-order valence-corrected chi connectivity index (χ2v) is 6.30. The molecule has 2 N–H and O–H groups in total. The number of anilines is 1. The van der Waals surface area contributed by atoms with Crippen LogP contribution in [0.5, 0.6) is 0 Å². The first-order chi connectivity index (χ1) is 12.5. The number of cyclic esters (lactones) is 1. The minimum atomic E-state index is -0.579. The summed E-state index contributed by atoms with van der Waals surface area (Å²) in [5, 5.41) is 14.5. The summed E-state index contributed by atoms with van der Waals surface area (Å²) in [6, 6.07) is 6.25. The van der Waals surface area contributed by atoms with Crippen molar-refractivity contribution in [2.24, 2.45) is 17.8 Å². The molecule has 8 nitrogen and oxygen atoms in total. The van der Waals surface area contributed by atoms with Crippen molar-refractivity contribution in [1.29, 1.82) is 5.26 Å². The van der Waals surface area contributed by atoms with E-state index in [4.69, 9.17) is 15.7 Å². The molecule has 1 unspecified atom stereocenters. The van der Waals surface area contributed by atoms with Crippen LogP contribution in [0.1, 0.15) is 0 Å². The number of nitrogens with two attached hydrogens (primary N) is 1. The van der Waals surface area contributed by atoms with Gasteiger partial charge in [-0.15, -0.1) is 0 Å². The van der Waals surface area contributed by atoms with Crippen LogP contribution in [0.2, 0.25) is 0 Å². The monoisotopic (exact) mass is 374 g/mol. The standard InChI is InChI=1S/C16H15FN6O2S/c1-22-14(4-5-21-22)12-3-2-10(6-13(12)17)23-8-11(25-16(23)24)7-20-15(19)26-9-18/h2-6,11H,7-8H2,1H3,(H2,19,20). The van der Waals surface area contributed by atoms with Gasteiger partial charge in [0, 0.05) is 30.6 Å². The lowest BCUT2D eigenvalue weighted by molar-refractivity contribution is 0.145. The molecule has 2 aromatic rings. The number of amides is 1. The van der Waals surface area contributed by atoms with Crippen LogP contribution < -0.4 is 10.6 Å². The average Bonchev–Trinajstić information content (AvgIpc) is 3.19. The zero-order valence-electron chi connectivity index (χ0n) is 13.8. The molecular formula is C16H15FN6O2S. The van der Waals surface area contributed by atoms with E-state index < -0.39 is 18.0 Å². The summed E-state index contributed by atoms with van der Waals surface area (Å²) in [7, 11) is 1.72. The number of nitrogens with zero attached hydrogens (tertiary/aromatic N) is 5. The second-order valence-electron chi connectivity index (χ2n) is 5.49. The minimum absolute atomic E-state index is 0.105. The molecule has 2 heterocycles. The van der Waals surface area contributed by atoms with Crippen LogP contribution in [-0.4, -0.2) is 40.2 Å². The molecule has 0 spiro atoms. The normalized spacial score (nSPS) is 17.3. The Balaban J connectivity index is 1.74. The Morgan fingerprint density at radius 3 is 3.04 bits per heavy atom. The van der Waals surface area contributed by atoms with E-state index in [1.165, 1.54) is 11.0 Å². The van der Waals surface area contributed by atoms with Crippen molar-refractivity contribution in [1.82, 2.24) is 9.78 Å². The number of amidine groups is 1. The summed E-state index contributed by atoms with van der Waals surface area (Å²) in [6.45, 7) is 0.357. The van der Waals surface area contributed by atoms with Gasteiger partial charge < -0.3 is 10.5 Å². The molecule has 1 aliphatic rings.